The van der Waals surface area contributed by atoms with Gasteiger partial charge in [-0.25, -0.2) is 9.83 Å². The number of allylic oxidation sites excluding steroid dienone is 1. The average molecular weight is 203 g/mol. The predicted octanol–water partition coefficient (Wildman–Crippen LogP) is 2.56. The van der Waals surface area contributed by atoms with Crippen molar-refractivity contribution in [1.29, 1.82) is 0 Å². The lowest BCUT2D eigenvalue weighted by Gasteiger charge is -2.10. The van der Waals surface area contributed by atoms with E-state index >= 15 is 0 Å². The second-order valence-electron chi connectivity index (χ2n) is 2.99. The van der Waals surface area contributed by atoms with E-state index in [0.717, 1.165) is 11.3 Å². The molecule has 0 bridgehead atoms. The van der Waals surface area contributed by atoms with Gasteiger partial charge in [-0.15, -0.1) is 0 Å². The summed E-state index contributed by atoms with van der Waals surface area (Å²) in [6, 6.07) is 0. The number of rotatable bonds is 2. The van der Waals surface area contributed by atoms with Crippen LogP contribution in [-0.4, -0.2) is 12.1 Å². The molecule has 0 atom stereocenters. The molecule has 0 unspecified atom stereocenters. The maximum atomic E-state index is 7.03. The third kappa shape index (κ3) is 1.91. The number of pyridine rings is 1. The third-order valence-electron chi connectivity index (χ3n) is 2.05. The van der Waals surface area contributed by atoms with Crippen LogP contribution < -0.4 is 10.5 Å². The van der Waals surface area contributed by atoms with Crippen molar-refractivity contribution >= 4 is 17.5 Å². The molecule has 0 aliphatic rings. The van der Waals surface area contributed by atoms with E-state index in [2.05, 4.69) is 9.83 Å². The third-order valence-corrected chi connectivity index (χ3v) is 2.05. The molecule has 0 aliphatic carbocycles. The standard InChI is InChI=1S/C11H13N3O/c1-5-6-8-7(2)14-11(15-4)10(13-3)9(8)12/h5-6H,1-2,4H3,(H2,12,14)/b6-5-. The Kier molecular flexibility index (Phi) is 3.29. The Bertz CT molecular complexity index is 444. The summed E-state index contributed by atoms with van der Waals surface area (Å²) >= 11 is 0. The van der Waals surface area contributed by atoms with Crippen molar-refractivity contribution in [3.63, 3.8) is 0 Å². The summed E-state index contributed by atoms with van der Waals surface area (Å²) in [6.07, 6.45) is 3.70. The van der Waals surface area contributed by atoms with Crippen LogP contribution in [0.3, 0.4) is 0 Å². The van der Waals surface area contributed by atoms with Gasteiger partial charge in [0.15, 0.2) is 0 Å². The Labute approximate surface area is 89.2 Å². The van der Waals surface area contributed by atoms with Crippen LogP contribution in [0.25, 0.3) is 10.9 Å². The summed E-state index contributed by atoms with van der Waals surface area (Å²) in [6.45, 7) is 10.8. The van der Waals surface area contributed by atoms with E-state index in [-0.39, 0.29) is 11.6 Å². The zero-order valence-electron chi connectivity index (χ0n) is 9.03. The number of nitrogen functional groups attached to an aromatic ring is 1. The quantitative estimate of drug-likeness (QED) is 0.751. The fourth-order valence-corrected chi connectivity index (χ4v) is 1.33. The largest absolute Gasteiger partial charge is 0.490 e. The number of methoxy groups -OCH3 is 1. The average Bonchev–Trinajstić information content (AvgIpc) is 2.23. The number of nitrogens with zero attached hydrogens (tertiary/aromatic N) is 2. The summed E-state index contributed by atoms with van der Waals surface area (Å²) in [5.74, 6) is 0.285. The monoisotopic (exact) mass is 203 g/mol. The van der Waals surface area contributed by atoms with E-state index in [1.807, 2.05) is 26.0 Å². The van der Waals surface area contributed by atoms with Gasteiger partial charge in [0.25, 0.3) is 5.69 Å². The maximum Gasteiger partial charge on any atom is 0.269 e. The van der Waals surface area contributed by atoms with Gasteiger partial charge < -0.3 is 10.5 Å². The van der Waals surface area contributed by atoms with Gasteiger partial charge in [-0.05, 0) is 13.8 Å². The molecule has 0 aliphatic heterocycles. The minimum atomic E-state index is 0.274. The van der Waals surface area contributed by atoms with Crippen LogP contribution in [0.2, 0.25) is 0 Å². The summed E-state index contributed by atoms with van der Waals surface area (Å²) in [5, 5.41) is 0. The van der Waals surface area contributed by atoms with Crippen LogP contribution >= 0.6 is 0 Å². The van der Waals surface area contributed by atoms with Gasteiger partial charge in [-0.2, -0.15) is 0 Å². The number of hydrogen-bond acceptors (Lipinski definition) is 3. The molecular weight excluding hydrogens is 190 g/mol. The molecule has 78 valence electrons. The minimum absolute atomic E-state index is 0.274. The first-order chi connectivity index (χ1) is 7.15. The molecule has 4 heteroatoms. The van der Waals surface area contributed by atoms with Crippen LogP contribution in [0.1, 0.15) is 18.2 Å². The topological polar surface area (TPSA) is 52.5 Å². The van der Waals surface area contributed by atoms with Gasteiger partial charge in [0.05, 0.1) is 19.4 Å². The molecule has 1 rings (SSSR count). The van der Waals surface area contributed by atoms with Gasteiger partial charge in [0.1, 0.15) is 0 Å². The highest BCUT2D eigenvalue weighted by molar-refractivity contribution is 5.82. The molecule has 1 aromatic heterocycles. The van der Waals surface area contributed by atoms with E-state index < -0.39 is 0 Å². The molecule has 0 saturated heterocycles. The SMILES string of the molecule is [C-]#[N+]c1c(OC)nc(C)c(/C=C\C)c1N. The van der Waals surface area contributed by atoms with Crippen LogP contribution in [0.5, 0.6) is 5.88 Å². The van der Waals surface area contributed by atoms with E-state index in [1.165, 1.54) is 7.11 Å². The fraction of sp³-hybridized carbons (Fsp3) is 0.273. The van der Waals surface area contributed by atoms with E-state index in [9.17, 15) is 0 Å². The number of aromatic nitrogens is 1. The van der Waals surface area contributed by atoms with Gasteiger partial charge >= 0.3 is 0 Å². The van der Waals surface area contributed by atoms with Crippen molar-refractivity contribution in [3.8, 4) is 5.88 Å². The molecule has 4 nitrogen and oxygen atoms in total. The lowest BCUT2D eigenvalue weighted by Crippen LogP contribution is -1.99. The highest BCUT2D eigenvalue weighted by Gasteiger charge is 2.14. The molecule has 0 amide bonds. The van der Waals surface area contributed by atoms with Gasteiger partial charge in [0.2, 0.25) is 5.88 Å². The second-order valence-corrected chi connectivity index (χ2v) is 2.99. The lowest BCUT2D eigenvalue weighted by molar-refractivity contribution is 0.400. The fourth-order valence-electron chi connectivity index (χ4n) is 1.33. The molecule has 0 aromatic carbocycles. The highest BCUT2D eigenvalue weighted by atomic mass is 16.5. The summed E-state index contributed by atoms with van der Waals surface area (Å²) in [7, 11) is 1.48. The first-order valence-electron chi connectivity index (χ1n) is 4.49. The lowest BCUT2D eigenvalue weighted by atomic mass is 10.1. The Hall–Kier alpha value is -2.02. The molecule has 1 aromatic rings. The number of nitrogens with two attached hydrogens (primary N) is 1. The van der Waals surface area contributed by atoms with Crippen molar-refractivity contribution in [1.82, 2.24) is 4.98 Å². The molecule has 0 spiro atoms. The molecular formula is C11H13N3O. The first-order valence-corrected chi connectivity index (χ1v) is 4.49. The first kappa shape index (κ1) is 11.1. The van der Waals surface area contributed by atoms with Crippen LogP contribution in [0.15, 0.2) is 6.08 Å². The van der Waals surface area contributed by atoms with Gasteiger partial charge in [-0.1, -0.05) is 12.2 Å². The van der Waals surface area contributed by atoms with E-state index in [0.29, 0.717) is 5.69 Å². The predicted molar refractivity (Wildman–Crippen MR) is 60.9 cm³/mol. The number of ether oxygens (including phenoxy) is 1. The Balaban J connectivity index is 3.53. The molecule has 0 fully saturated rings. The Morgan fingerprint density at radius 3 is 2.67 bits per heavy atom. The van der Waals surface area contributed by atoms with Crippen LogP contribution in [-0.2, 0) is 0 Å². The van der Waals surface area contributed by atoms with Gasteiger partial charge in [-0.3, -0.25) is 0 Å². The normalized spacial score (nSPS) is 10.3. The van der Waals surface area contributed by atoms with Crippen molar-refractivity contribution < 1.29 is 4.74 Å². The number of hydrogen-bond donors (Lipinski definition) is 1. The van der Waals surface area contributed by atoms with Crippen LogP contribution in [0.4, 0.5) is 11.4 Å². The molecule has 15 heavy (non-hydrogen) atoms. The maximum absolute atomic E-state index is 7.03. The smallest absolute Gasteiger partial charge is 0.269 e. The number of anilines is 1. The van der Waals surface area contributed by atoms with Gasteiger partial charge in [0, 0.05) is 11.3 Å². The van der Waals surface area contributed by atoms with Crippen molar-refractivity contribution in [2.24, 2.45) is 0 Å². The molecule has 0 saturated carbocycles. The molecule has 1 heterocycles. The van der Waals surface area contributed by atoms with E-state index in [4.69, 9.17) is 17.0 Å². The Morgan fingerprint density at radius 2 is 2.20 bits per heavy atom. The van der Waals surface area contributed by atoms with E-state index in [1.54, 1.807) is 0 Å². The zero-order valence-corrected chi connectivity index (χ0v) is 9.03. The highest BCUT2D eigenvalue weighted by Crippen LogP contribution is 2.36. The second kappa shape index (κ2) is 4.47. The minimum Gasteiger partial charge on any atom is -0.490 e. The zero-order chi connectivity index (χ0) is 11.4. The molecule has 2 N–H and O–H groups in total. The molecule has 0 radical (unpaired) electrons. The summed E-state index contributed by atoms with van der Waals surface area (Å²) < 4.78 is 5.00. The number of aryl methyl sites for hydroxylation is 1. The summed E-state index contributed by atoms with van der Waals surface area (Å²) in [4.78, 5) is 7.50. The van der Waals surface area contributed by atoms with Crippen molar-refractivity contribution in [2.75, 3.05) is 12.8 Å². The van der Waals surface area contributed by atoms with Crippen LogP contribution in [0, 0.1) is 13.5 Å². The van der Waals surface area contributed by atoms with Crippen molar-refractivity contribution in [3.05, 3.63) is 28.8 Å². The summed E-state index contributed by atoms with van der Waals surface area (Å²) in [5.41, 5.74) is 8.11. The Morgan fingerprint density at radius 1 is 1.53 bits per heavy atom. The van der Waals surface area contributed by atoms with Crippen molar-refractivity contribution in [2.45, 2.75) is 13.8 Å².